The van der Waals surface area contributed by atoms with Crippen LogP contribution < -0.4 is 10.6 Å². The third-order valence-electron chi connectivity index (χ3n) is 2.56. The zero-order chi connectivity index (χ0) is 11.5. The second-order valence-electron chi connectivity index (χ2n) is 3.60. The lowest BCUT2D eigenvalue weighted by Crippen LogP contribution is -2.14. The Bertz CT molecular complexity index is 482. The highest BCUT2D eigenvalue weighted by Crippen LogP contribution is 2.25. The zero-order valence-electron chi connectivity index (χ0n) is 9.38. The molecule has 2 aromatic rings. The molecule has 0 saturated heterocycles. The first-order valence-corrected chi connectivity index (χ1v) is 5.06. The number of nitrogens with zero attached hydrogens (tertiary/aromatic N) is 3. The van der Waals surface area contributed by atoms with E-state index in [4.69, 9.17) is 5.73 Å². The lowest BCUT2D eigenvalue weighted by molar-refractivity contribution is 1.06. The number of benzene rings is 1. The molecule has 82 valence electrons. The molecule has 0 aliphatic rings. The summed E-state index contributed by atoms with van der Waals surface area (Å²) in [6, 6.07) is 10.0. The Hall–Kier alpha value is -2.10. The van der Waals surface area contributed by atoms with E-state index in [9.17, 15) is 0 Å². The maximum atomic E-state index is 5.76. The fourth-order valence-electron chi connectivity index (χ4n) is 1.57. The fraction of sp³-hybridized carbons (Fsp3) is 0.167. The summed E-state index contributed by atoms with van der Waals surface area (Å²) in [6.45, 7) is 1.92. The molecule has 0 aliphatic heterocycles. The maximum Gasteiger partial charge on any atom is 0.141 e. The summed E-state index contributed by atoms with van der Waals surface area (Å²) in [6.07, 6.45) is 1.48. The molecular formula is C12H14N4. The van der Waals surface area contributed by atoms with Crippen molar-refractivity contribution in [1.29, 1.82) is 0 Å². The summed E-state index contributed by atoms with van der Waals surface area (Å²) in [5.74, 6) is 1.35. The Labute approximate surface area is 94.8 Å². The predicted molar refractivity (Wildman–Crippen MR) is 65.7 cm³/mol. The Morgan fingerprint density at radius 2 is 1.81 bits per heavy atom. The smallest absolute Gasteiger partial charge is 0.141 e. The van der Waals surface area contributed by atoms with E-state index in [0.29, 0.717) is 5.82 Å². The second-order valence-corrected chi connectivity index (χ2v) is 3.60. The first-order chi connectivity index (χ1) is 7.70. The minimum Gasteiger partial charge on any atom is -0.383 e. The van der Waals surface area contributed by atoms with Gasteiger partial charge in [0.1, 0.15) is 18.0 Å². The van der Waals surface area contributed by atoms with Crippen LogP contribution in [0.4, 0.5) is 17.3 Å². The molecule has 0 spiro atoms. The highest BCUT2D eigenvalue weighted by molar-refractivity contribution is 5.65. The van der Waals surface area contributed by atoms with Crippen molar-refractivity contribution in [1.82, 2.24) is 9.97 Å². The summed E-state index contributed by atoms with van der Waals surface area (Å²) in [5.41, 5.74) is 7.73. The van der Waals surface area contributed by atoms with Gasteiger partial charge in [0.15, 0.2) is 0 Å². The number of rotatable bonds is 2. The molecule has 0 unspecified atom stereocenters. The van der Waals surface area contributed by atoms with Gasteiger partial charge in [-0.2, -0.15) is 0 Å². The number of hydrogen-bond donors (Lipinski definition) is 1. The number of aromatic nitrogens is 2. The molecule has 0 bridgehead atoms. The maximum absolute atomic E-state index is 5.76. The van der Waals surface area contributed by atoms with Crippen LogP contribution in [0, 0.1) is 6.92 Å². The van der Waals surface area contributed by atoms with Crippen LogP contribution in [0.2, 0.25) is 0 Å². The van der Waals surface area contributed by atoms with Gasteiger partial charge in [-0.25, -0.2) is 9.97 Å². The molecule has 2 N–H and O–H groups in total. The van der Waals surface area contributed by atoms with E-state index in [0.717, 1.165) is 17.1 Å². The normalized spacial score (nSPS) is 10.1. The number of anilines is 3. The Kier molecular flexibility index (Phi) is 2.72. The van der Waals surface area contributed by atoms with Crippen LogP contribution in [0.15, 0.2) is 36.7 Å². The van der Waals surface area contributed by atoms with E-state index in [1.54, 1.807) is 0 Å². The van der Waals surface area contributed by atoms with Crippen LogP contribution in [-0.2, 0) is 0 Å². The topological polar surface area (TPSA) is 55.0 Å². The third-order valence-corrected chi connectivity index (χ3v) is 2.56. The number of para-hydroxylation sites is 1. The van der Waals surface area contributed by atoms with Crippen LogP contribution in [0.25, 0.3) is 0 Å². The number of hydrogen-bond acceptors (Lipinski definition) is 4. The molecular weight excluding hydrogens is 200 g/mol. The average molecular weight is 214 g/mol. The van der Waals surface area contributed by atoms with Gasteiger partial charge in [0, 0.05) is 18.3 Å². The molecule has 0 atom stereocenters. The summed E-state index contributed by atoms with van der Waals surface area (Å²) in [7, 11) is 1.96. The van der Waals surface area contributed by atoms with Crippen LogP contribution >= 0.6 is 0 Å². The van der Waals surface area contributed by atoms with Crippen molar-refractivity contribution in [2.75, 3.05) is 17.7 Å². The lowest BCUT2D eigenvalue weighted by atomic mass is 10.2. The van der Waals surface area contributed by atoms with E-state index in [2.05, 4.69) is 9.97 Å². The summed E-state index contributed by atoms with van der Waals surface area (Å²) in [5, 5.41) is 0. The molecule has 4 heteroatoms. The van der Waals surface area contributed by atoms with E-state index in [1.165, 1.54) is 6.33 Å². The number of nitrogens with two attached hydrogens (primary N) is 1. The second kappa shape index (κ2) is 4.18. The van der Waals surface area contributed by atoms with Crippen molar-refractivity contribution in [3.63, 3.8) is 0 Å². The van der Waals surface area contributed by atoms with E-state index in [1.807, 2.05) is 49.2 Å². The van der Waals surface area contributed by atoms with Crippen molar-refractivity contribution in [3.05, 3.63) is 42.2 Å². The Morgan fingerprint density at radius 1 is 1.12 bits per heavy atom. The molecule has 4 nitrogen and oxygen atoms in total. The van der Waals surface area contributed by atoms with E-state index >= 15 is 0 Å². The minimum absolute atomic E-state index is 0.521. The van der Waals surface area contributed by atoms with Gasteiger partial charge >= 0.3 is 0 Å². The van der Waals surface area contributed by atoms with Gasteiger partial charge in [0.25, 0.3) is 0 Å². The fourth-order valence-corrected chi connectivity index (χ4v) is 1.57. The largest absolute Gasteiger partial charge is 0.383 e. The molecule has 1 aromatic heterocycles. The van der Waals surface area contributed by atoms with Gasteiger partial charge in [-0.15, -0.1) is 0 Å². The van der Waals surface area contributed by atoms with Crippen molar-refractivity contribution >= 4 is 17.3 Å². The Morgan fingerprint density at radius 3 is 2.50 bits per heavy atom. The molecule has 2 rings (SSSR count). The molecule has 0 radical (unpaired) electrons. The highest BCUT2D eigenvalue weighted by atomic mass is 15.2. The number of nitrogen functional groups attached to an aromatic ring is 1. The van der Waals surface area contributed by atoms with Crippen molar-refractivity contribution in [2.45, 2.75) is 6.92 Å². The first-order valence-electron chi connectivity index (χ1n) is 5.06. The van der Waals surface area contributed by atoms with E-state index in [-0.39, 0.29) is 0 Å². The molecule has 0 fully saturated rings. The molecule has 0 amide bonds. The quantitative estimate of drug-likeness (QED) is 0.832. The van der Waals surface area contributed by atoms with Crippen LogP contribution in [0.1, 0.15) is 5.56 Å². The van der Waals surface area contributed by atoms with E-state index < -0.39 is 0 Å². The molecule has 0 aliphatic carbocycles. The van der Waals surface area contributed by atoms with Gasteiger partial charge in [-0.1, -0.05) is 18.2 Å². The van der Waals surface area contributed by atoms with Gasteiger partial charge in [0.05, 0.1) is 0 Å². The molecule has 0 saturated carbocycles. The van der Waals surface area contributed by atoms with Gasteiger partial charge in [-0.05, 0) is 19.1 Å². The zero-order valence-corrected chi connectivity index (χ0v) is 9.38. The van der Waals surface area contributed by atoms with Crippen molar-refractivity contribution in [2.24, 2.45) is 0 Å². The average Bonchev–Trinajstić information content (AvgIpc) is 2.33. The summed E-state index contributed by atoms with van der Waals surface area (Å²) >= 11 is 0. The molecule has 16 heavy (non-hydrogen) atoms. The summed E-state index contributed by atoms with van der Waals surface area (Å²) < 4.78 is 0. The minimum atomic E-state index is 0.521. The highest BCUT2D eigenvalue weighted by Gasteiger charge is 2.10. The lowest BCUT2D eigenvalue weighted by Gasteiger charge is -2.20. The Balaban J connectivity index is 2.42. The SMILES string of the molecule is Cc1c(N)ncnc1N(C)c1ccccc1. The summed E-state index contributed by atoms with van der Waals surface area (Å²) in [4.78, 5) is 10.2. The molecule has 1 aromatic carbocycles. The predicted octanol–water partition coefficient (Wildman–Crippen LogP) is 2.14. The third kappa shape index (κ3) is 1.82. The van der Waals surface area contributed by atoms with Crippen molar-refractivity contribution in [3.8, 4) is 0 Å². The van der Waals surface area contributed by atoms with Crippen molar-refractivity contribution < 1.29 is 0 Å². The standard InChI is InChI=1S/C12H14N4/c1-9-11(13)14-8-15-12(9)16(2)10-6-4-3-5-7-10/h3-8H,1-2H3,(H2,13,14,15). The van der Waals surface area contributed by atoms with Gasteiger partial charge in [-0.3, -0.25) is 0 Å². The van der Waals surface area contributed by atoms with Gasteiger partial charge < -0.3 is 10.6 Å². The van der Waals surface area contributed by atoms with Crippen LogP contribution in [-0.4, -0.2) is 17.0 Å². The van der Waals surface area contributed by atoms with Gasteiger partial charge in [0.2, 0.25) is 0 Å². The molecule has 1 heterocycles. The van der Waals surface area contributed by atoms with Crippen LogP contribution in [0.3, 0.4) is 0 Å². The van der Waals surface area contributed by atoms with Crippen LogP contribution in [0.5, 0.6) is 0 Å². The monoisotopic (exact) mass is 214 g/mol. The first kappa shape index (κ1) is 10.4.